The Morgan fingerprint density at radius 2 is 1.62 bits per heavy atom. The molecule has 0 aromatic heterocycles. The highest BCUT2D eigenvalue weighted by atomic mass is 16.5. The van der Waals surface area contributed by atoms with Crippen molar-refractivity contribution in [1.29, 1.82) is 0 Å². The lowest BCUT2D eigenvalue weighted by molar-refractivity contribution is -0.143. The van der Waals surface area contributed by atoms with E-state index >= 15 is 0 Å². The van der Waals surface area contributed by atoms with E-state index in [4.69, 9.17) is 9.47 Å². The van der Waals surface area contributed by atoms with E-state index in [0.29, 0.717) is 6.42 Å². The highest BCUT2D eigenvalue weighted by Gasteiger charge is 2.29. The van der Waals surface area contributed by atoms with Gasteiger partial charge in [0.1, 0.15) is 12.6 Å². The topological polar surface area (TPSA) is 114 Å². The fourth-order valence-corrected chi connectivity index (χ4v) is 4.07. The van der Waals surface area contributed by atoms with Gasteiger partial charge in [-0.15, -0.1) is 0 Å². The van der Waals surface area contributed by atoms with Gasteiger partial charge in [-0.1, -0.05) is 68.8 Å². The van der Waals surface area contributed by atoms with Crippen LogP contribution in [-0.4, -0.2) is 55.5 Å². The van der Waals surface area contributed by atoms with Crippen molar-refractivity contribution in [3.63, 3.8) is 0 Å². The number of benzene rings is 2. The summed E-state index contributed by atoms with van der Waals surface area (Å²) in [5.41, 5.74) is 4.64. The van der Waals surface area contributed by atoms with E-state index < -0.39 is 18.1 Å². The van der Waals surface area contributed by atoms with Crippen LogP contribution in [0.3, 0.4) is 0 Å². The number of hydrogen-bond acceptors (Lipinski definition) is 5. The zero-order valence-corrected chi connectivity index (χ0v) is 19.6. The Morgan fingerprint density at radius 1 is 1.00 bits per heavy atom. The molecule has 1 aliphatic carbocycles. The first-order chi connectivity index (χ1) is 16.4. The predicted octanol–water partition coefficient (Wildman–Crippen LogP) is 3.55. The van der Waals surface area contributed by atoms with Crippen molar-refractivity contribution in [3.05, 3.63) is 59.7 Å². The molecule has 0 bridgehead atoms. The number of hydrogen-bond donors (Lipinski definition) is 3. The molecule has 182 valence electrons. The number of carbonyl (C=O) groups excluding carboxylic acids is 2. The molecule has 34 heavy (non-hydrogen) atoms. The van der Waals surface area contributed by atoms with Crippen LogP contribution in [0.15, 0.2) is 48.5 Å². The maximum atomic E-state index is 12.1. The van der Waals surface area contributed by atoms with Crippen molar-refractivity contribution in [2.45, 2.75) is 38.6 Å². The van der Waals surface area contributed by atoms with Crippen molar-refractivity contribution >= 4 is 18.0 Å². The zero-order valence-electron chi connectivity index (χ0n) is 19.6. The summed E-state index contributed by atoms with van der Waals surface area (Å²) < 4.78 is 10.8. The number of ether oxygens (including phenoxy) is 2. The van der Waals surface area contributed by atoms with E-state index in [9.17, 15) is 19.5 Å². The van der Waals surface area contributed by atoms with Crippen molar-refractivity contribution < 1.29 is 29.0 Å². The van der Waals surface area contributed by atoms with E-state index in [2.05, 4.69) is 34.9 Å². The quantitative estimate of drug-likeness (QED) is 0.411. The van der Waals surface area contributed by atoms with Crippen molar-refractivity contribution in [2.24, 2.45) is 5.92 Å². The van der Waals surface area contributed by atoms with Gasteiger partial charge in [-0.2, -0.15) is 0 Å². The first kappa shape index (κ1) is 25.2. The maximum absolute atomic E-state index is 12.1. The van der Waals surface area contributed by atoms with Gasteiger partial charge in [0.25, 0.3) is 0 Å². The summed E-state index contributed by atoms with van der Waals surface area (Å²) in [6, 6.07) is 15.4. The molecule has 0 unspecified atom stereocenters. The van der Waals surface area contributed by atoms with Gasteiger partial charge in [0.15, 0.2) is 0 Å². The number of carbonyl (C=O) groups is 3. The van der Waals surface area contributed by atoms with Gasteiger partial charge in [0, 0.05) is 18.9 Å². The lowest BCUT2D eigenvalue weighted by Gasteiger charge is -2.20. The monoisotopic (exact) mass is 468 g/mol. The summed E-state index contributed by atoms with van der Waals surface area (Å²) in [6.07, 6.45) is 0.168. The lowest BCUT2D eigenvalue weighted by Crippen LogP contribution is -2.45. The molecule has 3 N–H and O–H groups in total. The number of carboxylic acids is 1. The van der Waals surface area contributed by atoms with Crippen LogP contribution in [0.1, 0.15) is 43.7 Å². The second-order valence-electron chi connectivity index (χ2n) is 8.38. The van der Waals surface area contributed by atoms with Crippen LogP contribution in [0.2, 0.25) is 0 Å². The minimum Gasteiger partial charge on any atom is -0.480 e. The fourth-order valence-electron chi connectivity index (χ4n) is 4.07. The number of carboxylic acid groups (broad SMARTS) is 1. The van der Waals surface area contributed by atoms with Crippen LogP contribution in [0.5, 0.6) is 0 Å². The van der Waals surface area contributed by atoms with Gasteiger partial charge in [0.05, 0.1) is 13.2 Å². The normalized spacial score (nSPS) is 13.9. The highest BCUT2D eigenvalue weighted by Crippen LogP contribution is 2.44. The van der Waals surface area contributed by atoms with Crippen LogP contribution in [0.4, 0.5) is 4.79 Å². The number of aliphatic carboxylic acids is 1. The summed E-state index contributed by atoms with van der Waals surface area (Å²) in [4.78, 5) is 35.4. The average molecular weight is 469 g/mol. The molecule has 2 aromatic rings. The molecular weight excluding hydrogens is 436 g/mol. The van der Waals surface area contributed by atoms with Crippen LogP contribution in [0.25, 0.3) is 11.1 Å². The van der Waals surface area contributed by atoms with E-state index in [1.54, 1.807) is 6.92 Å². The second kappa shape index (κ2) is 12.2. The molecule has 2 atom stereocenters. The molecule has 0 fully saturated rings. The van der Waals surface area contributed by atoms with Gasteiger partial charge < -0.3 is 25.2 Å². The molecule has 1 aliphatic rings. The summed E-state index contributed by atoms with van der Waals surface area (Å²) >= 11 is 0. The molecular formula is C26H32N2O6. The van der Waals surface area contributed by atoms with Gasteiger partial charge in [0.2, 0.25) is 5.91 Å². The Bertz CT molecular complexity index is 963. The lowest BCUT2D eigenvalue weighted by atomic mass is 9.98. The third-order valence-corrected chi connectivity index (χ3v) is 6.13. The van der Waals surface area contributed by atoms with E-state index in [-0.39, 0.29) is 50.5 Å². The maximum Gasteiger partial charge on any atom is 0.407 e. The summed E-state index contributed by atoms with van der Waals surface area (Å²) in [6.45, 7) is 4.48. The van der Waals surface area contributed by atoms with Crippen LogP contribution >= 0.6 is 0 Å². The summed E-state index contributed by atoms with van der Waals surface area (Å²) in [7, 11) is 0. The van der Waals surface area contributed by atoms with Crippen molar-refractivity contribution in [1.82, 2.24) is 10.6 Å². The number of rotatable bonds is 12. The standard InChI is InChI=1S/C26H32N2O6/c1-3-17(2)24(25(30)31)28-23(29)12-14-33-15-13-27-26(32)34-16-22-20-10-6-4-8-18(20)19-9-5-7-11-21(19)22/h4-11,17,22,24H,3,12-16H2,1-2H3,(H,27,32)(H,28,29)(H,30,31)/t17-,24-/m0/s1. The smallest absolute Gasteiger partial charge is 0.407 e. The molecule has 2 aromatic carbocycles. The number of nitrogens with one attached hydrogen (secondary N) is 2. The molecule has 0 saturated carbocycles. The third kappa shape index (κ3) is 6.35. The molecule has 3 rings (SSSR count). The van der Waals surface area contributed by atoms with E-state index in [1.165, 1.54) is 11.1 Å². The Labute approximate surface area is 199 Å². The van der Waals surface area contributed by atoms with Gasteiger partial charge >= 0.3 is 12.1 Å². The molecule has 0 saturated heterocycles. The Kier molecular flexibility index (Phi) is 9.04. The minimum atomic E-state index is -1.05. The van der Waals surface area contributed by atoms with Gasteiger partial charge in [-0.05, 0) is 28.2 Å². The predicted molar refractivity (Wildman–Crippen MR) is 128 cm³/mol. The number of fused-ring (bicyclic) bond motifs is 3. The first-order valence-electron chi connectivity index (χ1n) is 11.6. The highest BCUT2D eigenvalue weighted by molar-refractivity contribution is 5.83. The fraction of sp³-hybridized carbons (Fsp3) is 0.423. The minimum absolute atomic E-state index is 0.00188. The average Bonchev–Trinajstić information content (AvgIpc) is 3.16. The summed E-state index contributed by atoms with van der Waals surface area (Å²) in [5.74, 6) is -1.59. The number of amides is 2. The molecule has 0 heterocycles. The second-order valence-corrected chi connectivity index (χ2v) is 8.38. The SMILES string of the molecule is CC[C@H](C)[C@H](NC(=O)CCOCCNC(=O)OCC1c2ccccc2-c2ccccc21)C(=O)O. The van der Waals surface area contributed by atoms with Crippen LogP contribution < -0.4 is 10.6 Å². The molecule has 0 radical (unpaired) electrons. The molecule has 0 aliphatic heterocycles. The number of alkyl carbamates (subject to hydrolysis) is 1. The van der Waals surface area contributed by atoms with Gasteiger partial charge in [-0.25, -0.2) is 9.59 Å². The summed E-state index contributed by atoms with van der Waals surface area (Å²) in [5, 5.41) is 14.4. The van der Waals surface area contributed by atoms with Gasteiger partial charge in [-0.3, -0.25) is 4.79 Å². The Balaban J connectivity index is 1.34. The van der Waals surface area contributed by atoms with Crippen molar-refractivity contribution in [2.75, 3.05) is 26.4 Å². The molecule has 0 spiro atoms. The van der Waals surface area contributed by atoms with Crippen LogP contribution in [-0.2, 0) is 19.1 Å². The molecule has 2 amide bonds. The first-order valence-corrected chi connectivity index (χ1v) is 11.6. The molecule has 8 heteroatoms. The van der Waals surface area contributed by atoms with Crippen LogP contribution in [0, 0.1) is 5.92 Å². The van der Waals surface area contributed by atoms with E-state index in [0.717, 1.165) is 11.1 Å². The van der Waals surface area contributed by atoms with E-state index in [1.807, 2.05) is 31.2 Å². The third-order valence-electron chi connectivity index (χ3n) is 6.13. The zero-order chi connectivity index (χ0) is 24.5. The van der Waals surface area contributed by atoms with Crippen molar-refractivity contribution in [3.8, 4) is 11.1 Å². The molecule has 8 nitrogen and oxygen atoms in total. The largest absolute Gasteiger partial charge is 0.480 e. The Morgan fingerprint density at radius 3 is 2.21 bits per heavy atom. The Hall–Kier alpha value is -3.39.